The van der Waals surface area contributed by atoms with Gasteiger partial charge in [-0.3, -0.25) is 4.79 Å². The van der Waals surface area contributed by atoms with Crippen LogP contribution in [0, 0.1) is 17.5 Å². The predicted molar refractivity (Wildman–Crippen MR) is 105 cm³/mol. The molecule has 3 aromatic carbocycles. The van der Waals surface area contributed by atoms with Gasteiger partial charge in [-0.2, -0.15) is 0 Å². The lowest BCUT2D eigenvalue weighted by Gasteiger charge is -2.36. The maximum atomic E-state index is 14.3. The van der Waals surface area contributed by atoms with Crippen LogP contribution in [0.15, 0.2) is 95.9 Å². The van der Waals surface area contributed by atoms with Gasteiger partial charge in [0.2, 0.25) is 5.56 Å². The number of H-pyrrole nitrogens is 1. The Labute approximate surface area is 165 Å². The second-order valence-corrected chi connectivity index (χ2v) is 6.72. The van der Waals surface area contributed by atoms with E-state index in [0.29, 0.717) is 22.3 Å². The maximum absolute atomic E-state index is 14.3. The molecule has 0 aliphatic carbocycles. The van der Waals surface area contributed by atoms with Crippen molar-refractivity contribution in [3.8, 4) is 0 Å². The highest BCUT2D eigenvalue weighted by molar-refractivity contribution is 5.59. The summed E-state index contributed by atoms with van der Waals surface area (Å²) in [4.78, 5) is 14.3. The van der Waals surface area contributed by atoms with Crippen molar-refractivity contribution < 1.29 is 13.2 Å². The van der Waals surface area contributed by atoms with E-state index in [1.54, 1.807) is 42.5 Å². The Kier molecular flexibility index (Phi) is 4.80. The van der Waals surface area contributed by atoms with E-state index in [1.807, 2.05) is 0 Å². The van der Waals surface area contributed by atoms with Crippen molar-refractivity contribution in [2.45, 2.75) is 5.41 Å². The van der Waals surface area contributed by atoms with E-state index in [9.17, 15) is 18.0 Å². The third-order valence-electron chi connectivity index (χ3n) is 4.99. The Balaban J connectivity index is 2.18. The summed E-state index contributed by atoms with van der Waals surface area (Å²) in [6, 6.07) is 20.6. The second-order valence-electron chi connectivity index (χ2n) is 6.72. The minimum absolute atomic E-state index is 0.319. The first-order valence-electron chi connectivity index (χ1n) is 8.97. The van der Waals surface area contributed by atoms with Crippen LogP contribution >= 0.6 is 0 Å². The van der Waals surface area contributed by atoms with Crippen LogP contribution in [0.5, 0.6) is 0 Å². The smallest absolute Gasteiger partial charge is 0.247 e. The Morgan fingerprint density at radius 1 is 0.586 bits per heavy atom. The molecule has 144 valence electrons. The molecule has 0 saturated carbocycles. The van der Waals surface area contributed by atoms with Gasteiger partial charge in [-0.1, -0.05) is 42.5 Å². The number of hydrogen-bond donors (Lipinski definition) is 1. The van der Waals surface area contributed by atoms with Crippen LogP contribution in [-0.4, -0.2) is 4.98 Å². The average Bonchev–Trinajstić information content (AvgIpc) is 2.70. The van der Waals surface area contributed by atoms with Crippen LogP contribution in [0.25, 0.3) is 0 Å². The lowest BCUT2D eigenvalue weighted by Crippen LogP contribution is -2.32. The molecule has 29 heavy (non-hydrogen) atoms. The third kappa shape index (κ3) is 3.36. The molecule has 0 fully saturated rings. The number of hydrogen-bond acceptors (Lipinski definition) is 1. The summed E-state index contributed by atoms with van der Waals surface area (Å²) in [5, 5.41) is 0. The number of pyridine rings is 1. The quantitative estimate of drug-likeness (QED) is 0.478. The fourth-order valence-corrected chi connectivity index (χ4v) is 3.81. The fourth-order valence-electron chi connectivity index (χ4n) is 3.81. The van der Waals surface area contributed by atoms with Gasteiger partial charge in [-0.25, -0.2) is 13.2 Å². The molecule has 4 aromatic rings. The van der Waals surface area contributed by atoms with Crippen molar-refractivity contribution in [1.82, 2.24) is 4.98 Å². The SMILES string of the molecule is O=c1ccc(C(c2cccc(F)c2)(c2cccc(F)c2)c2cccc(F)c2)c[nH]1. The van der Waals surface area contributed by atoms with Gasteiger partial charge in [-0.05, 0) is 58.7 Å². The molecule has 1 N–H and O–H groups in total. The zero-order valence-electron chi connectivity index (χ0n) is 15.2. The van der Waals surface area contributed by atoms with E-state index in [0.717, 1.165) is 0 Å². The minimum Gasteiger partial charge on any atom is -0.329 e. The van der Waals surface area contributed by atoms with Gasteiger partial charge in [0, 0.05) is 12.3 Å². The lowest BCUT2D eigenvalue weighted by atomic mass is 9.65. The molecule has 0 aliphatic heterocycles. The van der Waals surface area contributed by atoms with Gasteiger partial charge in [0.1, 0.15) is 17.5 Å². The topological polar surface area (TPSA) is 32.9 Å². The minimum atomic E-state index is -1.25. The molecule has 1 heterocycles. The Morgan fingerprint density at radius 2 is 1.03 bits per heavy atom. The molecule has 0 aliphatic rings. The van der Waals surface area contributed by atoms with E-state index in [4.69, 9.17) is 0 Å². The summed E-state index contributed by atoms with van der Waals surface area (Å²) in [6.45, 7) is 0. The summed E-state index contributed by atoms with van der Waals surface area (Å²) in [5.41, 5.74) is 0.387. The van der Waals surface area contributed by atoms with Crippen LogP contribution in [0.1, 0.15) is 22.3 Å². The largest absolute Gasteiger partial charge is 0.329 e. The van der Waals surface area contributed by atoms with Crippen LogP contribution < -0.4 is 5.56 Å². The maximum Gasteiger partial charge on any atom is 0.247 e. The number of nitrogens with one attached hydrogen (secondary N) is 1. The second kappa shape index (κ2) is 7.43. The molecular weight excluding hydrogens is 375 g/mol. The van der Waals surface area contributed by atoms with E-state index < -0.39 is 22.9 Å². The third-order valence-corrected chi connectivity index (χ3v) is 4.99. The van der Waals surface area contributed by atoms with Crippen LogP contribution in [-0.2, 0) is 5.41 Å². The summed E-state index contributed by atoms with van der Waals surface area (Å²) in [6.07, 6.45) is 1.49. The zero-order chi connectivity index (χ0) is 20.4. The highest BCUT2D eigenvalue weighted by atomic mass is 19.1. The van der Waals surface area contributed by atoms with E-state index in [1.165, 1.54) is 48.7 Å². The van der Waals surface area contributed by atoms with E-state index in [-0.39, 0.29) is 5.56 Å². The van der Waals surface area contributed by atoms with Crippen LogP contribution in [0.3, 0.4) is 0 Å². The van der Waals surface area contributed by atoms with E-state index in [2.05, 4.69) is 4.98 Å². The van der Waals surface area contributed by atoms with Crippen molar-refractivity contribution >= 4 is 0 Å². The Bertz CT molecular complexity index is 1100. The number of aromatic amines is 1. The molecule has 2 nitrogen and oxygen atoms in total. The summed E-state index contributed by atoms with van der Waals surface area (Å²) in [7, 11) is 0. The molecule has 0 amide bonds. The molecule has 0 radical (unpaired) electrons. The van der Waals surface area contributed by atoms with Crippen molar-refractivity contribution in [2.75, 3.05) is 0 Å². The molecule has 0 saturated heterocycles. The Hall–Kier alpha value is -3.60. The molecule has 0 spiro atoms. The highest BCUT2D eigenvalue weighted by Gasteiger charge is 2.39. The van der Waals surface area contributed by atoms with Crippen molar-refractivity contribution in [3.05, 3.63) is 141 Å². The van der Waals surface area contributed by atoms with E-state index >= 15 is 0 Å². The first-order valence-corrected chi connectivity index (χ1v) is 8.97. The number of halogens is 3. The first kappa shape index (κ1) is 18.7. The summed E-state index contributed by atoms with van der Waals surface area (Å²) >= 11 is 0. The fraction of sp³-hybridized carbons (Fsp3) is 0.0417. The van der Waals surface area contributed by atoms with Crippen molar-refractivity contribution in [1.29, 1.82) is 0 Å². The zero-order valence-corrected chi connectivity index (χ0v) is 15.2. The molecule has 0 unspecified atom stereocenters. The molecule has 0 bridgehead atoms. The molecule has 0 atom stereocenters. The average molecular weight is 391 g/mol. The van der Waals surface area contributed by atoms with Gasteiger partial charge in [0.25, 0.3) is 0 Å². The molecule has 5 heteroatoms. The van der Waals surface area contributed by atoms with Crippen LogP contribution in [0.4, 0.5) is 13.2 Å². The standard InChI is InChI=1S/C24H16F3NO/c25-20-7-1-4-16(12-20)24(17-5-2-8-21(26)13-17,18-6-3-9-22(27)14-18)19-10-11-23(29)28-15-19/h1-15H,(H,28,29). The van der Waals surface area contributed by atoms with Crippen molar-refractivity contribution in [2.24, 2.45) is 0 Å². The Morgan fingerprint density at radius 3 is 1.38 bits per heavy atom. The lowest BCUT2D eigenvalue weighted by molar-refractivity contribution is 0.605. The van der Waals surface area contributed by atoms with Gasteiger partial charge < -0.3 is 4.98 Å². The molecule has 1 aromatic heterocycles. The molecule has 4 rings (SSSR count). The van der Waals surface area contributed by atoms with Gasteiger partial charge in [-0.15, -0.1) is 0 Å². The first-order chi connectivity index (χ1) is 14.0. The normalized spacial score (nSPS) is 11.4. The summed E-state index contributed by atoms with van der Waals surface area (Å²) in [5.74, 6) is -1.45. The van der Waals surface area contributed by atoms with Gasteiger partial charge in [0.05, 0.1) is 5.41 Å². The van der Waals surface area contributed by atoms with Crippen LogP contribution in [0.2, 0.25) is 0 Å². The van der Waals surface area contributed by atoms with Crippen molar-refractivity contribution in [3.63, 3.8) is 0 Å². The number of benzene rings is 3. The van der Waals surface area contributed by atoms with Gasteiger partial charge >= 0.3 is 0 Å². The predicted octanol–water partition coefficient (Wildman–Crippen LogP) is 5.17. The number of aromatic nitrogens is 1. The molecular formula is C24H16F3NO. The highest BCUT2D eigenvalue weighted by Crippen LogP contribution is 2.45. The van der Waals surface area contributed by atoms with Gasteiger partial charge in [0.15, 0.2) is 0 Å². The monoisotopic (exact) mass is 391 g/mol. The summed E-state index contributed by atoms with van der Waals surface area (Å²) < 4.78 is 42.8. The number of rotatable bonds is 4.